The van der Waals surface area contributed by atoms with Gasteiger partial charge in [-0.2, -0.15) is 0 Å². The Bertz CT molecular complexity index is 1520. The number of nitrogens with two attached hydrogens (primary N) is 1. The third-order valence-corrected chi connectivity index (χ3v) is 8.47. The number of H-pyrrole nitrogens is 1. The Balaban J connectivity index is 1.74. The van der Waals surface area contributed by atoms with Crippen molar-refractivity contribution in [3.05, 3.63) is 54.1 Å². The molecule has 10 N–H and O–H groups in total. The van der Waals surface area contributed by atoms with Crippen molar-refractivity contribution in [2.45, 2.75) is 108 Å². The molecule has 17 nitrogen and oxygen atoms in total. The van der Waals surface area contributed by atoms with E-state index in [1.54, 1.807) is 0 Å². The molecule has 3 rings (SSSR count). The summed E-state index contributed by atoms with van der Waals surface area (Å²) in [5, 5.41) is 25.1. The van der Waals surface area contributed by atoms with E-state index in [1.807, 2.05) is 44.2 Å². The highest BCUT2D eigenvalue weighted by Crippen LogP contribution is 2.10. The fraction of sp³-hybridized carbons (Fsp3) is 0.543. The van der Waals surface area contributed by atoms with Crippen LogP contribution in [0.2, 0.25) is 0 Å². The van der Waals surface area contributed by atoms with Gasteiger partial charge in [-0.15, -0.1) is 0 Å². The molecule has 6 amide bonds. The number of imidazole rings is 1. The number of hydrogen-bond donors (Lipinski definition) is 9. The van der Waals surface area contributed by atoms with Crippen molar-refractivity contribution < 1.29 is 38.7 Å². The molecule has 0 saturated carbocycles. The van der Waals surface area contributed by atoms with Gasteiger partial charge in [0.25, 0.3) is 0 Å². The van der Waals surface area contributed by atoms with Crippen LogP contribution in [0.1, 0.15) is 70.6 Å². The van der Waals surface area contributed by atoms with Crippen molar-refractivity contribution in [1.29, 1.82) is 0 Å². The molecule has 1 aliphatic heterocycles. The number of nitrogens with zero attached hydrogens (tertiary/aromatic N) is 1. The van der Waals surface area contributed by atoms with Gasteiger partial charge in [-0.05, 0) is 56.9 Å². The number of carbonyl (C=O) groups excluding carboxylic acids is 6. The van der Waals surface area contributed by atoms with Crippen molar-refractivity contribution in [2.75, 3.05) is 6.54 Å². The minimum atomic E-state index is -1.41. The minimum Gasteiger partial charge on any atom is -0.481 e. The topological polar surface area (TPSA) is 267 Å². The van der Waals surface area contributed by atoms with Gasteiger partial charge >= 0.3 is 5.97 Å². The molecule has 1 fully saturated rings. The summed E-state index contributed by atoms with van der Waals surface area (Å²) in [7, 11) is 0. The molecular formula is C35H51N9O8. The second kappa shape index (κ2) is 20.5. The van der Waals surface area contributed by atoms with E-state index in [9.17, 15) is 38.7 Å². The highest BCUT2D eigenvalue weighted by molar-refractivity contribution is 5.96. The van der Waals surface area contributed by atoms with Crippen LogP contribution in [0.15, 0.2) is 42.9 Å². The second-order valence-electron chi connectivity index (χ2n) is 13.4. The van der Waals surface area contributed by atoms with Crippen LogP contribution in [0.25, 0.3) is 0 Å². The number of aliphatic carboxylic acids is 1. The van der Waals surface area contributed by atoms with Gasteiger partial charge in [0.05, 0.1) is 12.4 Å². The van der Waals surface area contributed by atoms with E-state index in [-0.39, 0.29) is 37.5 Å². The zero-order valence-electron chi connectivity index (χ0n) is 29.8. The second-order valence-corrected chi connectivity index (χ2v) is 13.4. The van der Waals surface area contributed by atoms with E-state index < -0.39 is 78.2 Å². The third kappa shape index (κ3) is 13.8. The molecule has 1 aliphatic rings. The molecule has 6 atom stereocenters. The molecule has 2 aromatic rings. The fourth-order valence-electron chi connectivity index (χ4n) is 5.60. The van der Waals surface area contributed by atoms with Gasteiger partial charge in [0.1, 0.15) is 30.2 Å². The van der Waals surface area contributed by atoms with Crippen molar-refractivity contribution in [2.24, 2.45) is 11.7 Å². The highest BCUT2D eigenvalue weighted by atomic mass is 16.4. The molecule has 1 aromatic carbocycles. The zero-order chi connectivity index (χ0) is 38.2. The lowest BCUT2D eigenvalue weighted by Crippen LogP contribution is -2.59. The number of benzene rings is 1. The molecule has 0 unspecified atom stereocenters. The first-order valence-corrected chi connectivity index (χ1v) is 17.5. The Labute approximate surface area is 302 Å². The largest absolute Gasteiger partial charge is 0.481 e. The number of rotatable bonds is 19. The lowest BCUT2D eigenvalue weighted by molar-refractivity contribution is -0.138. The lowest BCUT2D eigenvalue weighted by Gasteiger charge is -2.27. The van der Waals surface area contributed by atoms with Crippen LogP contribution in [0.5, 0.6) is 0 Å². The molecule has 0 bridgehead atoms. The lowest BCUT2D eigenvalue weighted by atomic mass is 10.0. The number of carboxylic acids is 1. The van der Waals surface area contributed by atoms with E-state index in [4.69, 9.17) is 5.73 Å². The van der Waals surface area contributed by atoms with E-state index in [1.165, 1.54) is 19.4 Å². The molecule has 284 valence electrons. The molecule has 1 aromatic heterocycles. The number of hydrogen-bond acceptors (Lipinski definition) is 9. The molecule has 2 heterocycles. The maximum Gasteiger partial charge on any atom is 0.303 e. The highest BCUT2D eigenvalue weighted by Gasteiger charge is 2.33. The number of amides is 6. The Hall–Kier alpha value is -5.32. The number of carboxylic acid groups (broad SMARTS) is 1. The van der Waals surface area contributed by atoms with Crippen LogP contribution in [0.3, 0.4) is 0 Å². The quantitative estimate of drug-likeness (QED) is 0.0868. The summed E-state index contributed by atoms with van der Waals surface area (Å²) >= 11 is 0. The predicted octanol–water partition coefficient (Wildman–Crippen LogP) is -0.823. The van der Waals surface area contributed by atoms with Gasteiger partial charge in [0.15, 0.2) is 0 Å². The monoisotopic (exact) mass is 725 g/mol. The Kier molecular flexibility index (Phi) is 16.2. The summed E-state index contributed by atoms with van der Waals surface area (Å²) in [4.78, 5) is 97.4. The molecule has 0 spiro atoms. The van der Waals surface area contributed by atoms with Crippen molar-refractivity contribution in [3.63, 3.8) is 0 Å². The van der Waals surface area contributed by atoms with Crippen molar-refractivity contribution in [3.8, 4) is 0 Å². The summed E-state index contributed by atoms with van der Waals surface area (Å²) in [6.07, 6.45) is 4.30. The molecule has 17 heteroatoms. The average molecular weight is 726 g/mol. The summed E-state index contributed by atoms with van der Waals surface area (Å²) in [5.41, 5.74) is 7.48. The SMILES string of the molecule is CC(C)C[C@H](NC(=O)[C@H](N)Cc1ccccc1)C(=O)N[C@@H](Cc1cnc[nH]1)C(=O)N[C@H](CCC(=O)O)C(=O)N[C@H](C)C(=O)N[C@H]1CCCCNC1=O. The first kappa shape index (κ1) is 41.1. The first-order valence-electron chi connectivity index (χ1n) is 17.5. The van der Waals surface area contributed by atoms with Gasteiger partial charge in [0, 0.05) is 31.3 Å². The van der Waals surface area contributed by atoms with E-state index >= 15 is 0 Å². The molecule has 0 radical (unpaired) electrons. The van der Waals surface area contributed by atoms with Crippen molar-refractivity contribution >= 4 is 41.4 Å². The summed E-state index contributed by atoms with van der Waals surface area (Å²) in [6, 6.07) is 2.54. The normalized spacial score (nSPS) is 17.2. The standard InChI is InChI=1S/C35H51N9O8/c1-20(2)15-27(43-31(48)24(36)16-22-9-5-4-6-10-22)34(51)44-28(17-23-18-37-19-39-23)35(52)42-26(12-13-29(45)46)33(50)40-21(3)30(47)41-25-11-7-8-14-38-32(25)49/h4-6,9-10,18-21,24-28H,7-8,11-17,36H2,1-3H3,(H,37,39)(H,38,49)(H,40,50)(H,41,47)(H,42,52)(H,43,48)(H,44,51)(H,45,46)/t21-,24-,25+,26-,27+,28+/m1/s1. The summed E-state index contributed by atoms with van der Waals surface area (Å²) in [6.45, 7) is 5.63. The number of aromatic amines is 1. The smallest absolute Gasteiger partial charge is 0.303 e. The first-order chi connectivity index (χ1) is 24.7. The van der Waals surface area contributed by atoms with E-state index in [0.717, 1.165) is 18.4 Å². The van der Waals surface area contributed by atoms with Crippen LogP contribution < -0.4 is 37.6 Å². The van der Waals surface area contributed by atoms with Crippen molar-refractivity contribution in [1.82, 2.24) is 41.9 Å². The van der Waals surface area contributed by atoms with E-state index in [0.29, 0.717) is 18.7 Å². The van der Waals surface area contributed by atoms with Crippen LogP contribution >= 0.6 is 0 Å². The maximum absolute atomic E-state index is 13.8. The minimum absolute atomic E-state index is 0.0403. The van der Waals surface area contributed by atoms with Gasteiger partial charge in [-0.1, -0.05) is 44.2 Å². The number of carbonyl (C=O) groups is 7. The fourth-order valence-corrected chi connectivity index (χ4v) is 5.60. The molecular weight excluding hydrogens is 674 g/mol. The molecule has 1 saturated heterocycles. The third-order valence-electron chi connectivity index (χ3n) is 8.47. The zero-order valence-corrected chi connectivity index (χ0v) is 29.8. The number of aromatic nitrogens is 2. The van der Waals surface area contributed by atoms with Crippen LogP contribution in [-0.2, 0) is 46.4 Å². The van der Waals surface area contributed by atoms with Gasteiger partial charge in [0.2, 0.25) is 35.4 Å². The molecule has 0 aliphatic carbocycles. The van der Waals surface area contributed by atoms with Gasteiger partial charge in [-0.25, -0.2) is 4.98 Å². The Morgan fingerprint density at radius 1 is 0.865 bits per heavy atom. The molecule has 52 heavy (non-hydrogen) atoms. The van der Waals surface area contributed by atoms with Gasteiger partial charge in [-0.3, -0.25) is 33.6 Å². The van der Waals surface area contributed by atoms with Crippen LogP contribution in [0.4, 0.5) is 0 Å². The Morgan fingerprint density at radius 2 is 1.52 bits per heavy atom. The summed E-state index contributed by atoms with van der Waals surface area (Å²) in [5.74, 6) is -5.12. The van der Waals surface area contributed by atoms with E-state index in [2.05, 4.69) is 41.9 Å². The van der Waals surface area contributed by atoms with Crippen LogP contribution in [-0.4, -0.2) is 99.3 Å². The Morgan fingerprint density at radius 3 is 2.17 bits per heavy atom. The van der Waals surface area contributed by atoms with Crippen LogP contribution in [0, 0.1) is 5.92 Å². The maximum atomic E-state index is 13.8. The van der Waals surface area contributed by atoms with Gasteiger partial charge < -0.3 is 47.7 Å². The number of nitrogens with one attached hydrogen (secondary N) is 7. The summed E-state index contributed by atoms with van der Waals surface area (Å²) < 4.78 is 0. The average Bonchev–Trinajstić information content (AvgIpc) is 3.53. The predicted molar refractivity (Wildman–Crippen MR) is 189 cm³/mol.